The second-order valence-electron chi connectivity index (χ2n) is 5.00. The predicted octanol–water partition coefficient (Wildman–Crippen LogP) is 3.32. The van der Waals surface area contributed by atoms with Gasteiger partial charge in [0.15, 0.2) is 0 Å². The average molecular weight is 241 g/mol. The molecule has 0 saturated heterocycles. The quantitative estimate of drug-likeness (QED) is 0.766. The highest BCUT2D eigenvalue weighted by atomic mass is 15.4. The summed E-state index contributed by atoms with van der Waals surface area (Å²) in [5, 5.41) is 8.74. The summed E-state index contributed by atoms with van der Waals surface area (Å²) in [5.74, 6) is 0. The van der Waals surface area contributed by atoms with Crippen molar-refractivity contribution in [2.24, 2.45) is 0 Å². The van der Waals surface area contributed by atoms with Gasteiger partial charge in [-0.25, -0.2) is 4.68 Å². The Morgan fingerprint density at radius 1 is 0.833 bits per heavy atom. The summed E-state index contributed by atoms with van der Waals surface area (Å²) in [4.78, 5) is 0. The molecule has 0 amide bonds. The lowest BCUT2D eigenvalue weighted by atomic mass is 10.1. The van der Waals surface area contributed by atoms with E-state index in [0.29, 0.717) is 0 Å². The summed E-state index contributed by atoms with van der Waals surface area (Å²) in [7, 11) is 0. The molecule has 0 bridgehead atoms. The Hall–Kier alpha value is -1.64. The van der Waals surface area contributed by atoms with Gasteiger partial charge in [-0.3, -0.25) is 0 Å². The minimum absolute atomic E-state index is 1.09. The van der Waals surface area contributed by atoms with Crippen LogP contribution < -0.4 is 0 Å². The van der Waals surface area contributed by atoms with Gasteiger partial charge >= 0.3 is 0 Å². The second kappa shape index (κ2) is 5.34. The zero-order valence-electron chi connectivity index (χ0n) is 10.7. The molecule has 1 aliphatic carbocycles. The molecule has 0 spiro atoms. The van der Waals surface area contributed by atoms with E-state index in [1.54, 1.807) is 0 Å². The molecule has 2 aromatic rings. The Morgan fingerprint density at radius 3 is 2.39 bits per heavy atom. The number of hydrogen-bond acceptors (Lipinski definition) is 2. The summed E-state index contributed by atoms with van der Waals surface area (Å²) in [5.41, 5.74) is 3.66. The fraction of sp³-hybridized carbons (Fsp3) is 0.467. The van der Waals surface area contributed by atoms with Crippen LogP contribution in [0.1, 0.15) is 43.5 Å². The zero-order valence-corrected chi connectivity index (χ0v) is 10.7. The van der Waals surface area contributed by atoms with Crippen molar-refractivity contribution in [2.75, 3.05) is 0 Å². The molecule has 1 heterocycles. The second-order valence-corrected chi connectivity index (χ2v) is 5.00. The van der Waals surface area contributed by atoms with Crippen molar-refractivity contribution in [1.82, 2.24) is 15.0 Å². The average Bonchev–Trinajstić information content (AvgIpc) is 2.84. The summed E-state index contributed by atoms with van der Waals surface area (Å²) in [6, 6.07) is 10.3. The van der Waals surface area contributed by atoms with E-state index in [2.05, 4.69) is 34.6 Å². The van der Waals surface area contributed by atoms with E-state index < -0.39 is 0 Å². The molecule has 94 valence electrons. The van der Waals surface area contributed by atoms with Crippen molar-refractivity contribution < 1.29 is 0 Å². The van der Waals surface area contributed by atoms with Crippen molar-refractivity contribution >= 4 is 0 Å². The molecule has 1 aliphatic rings. The van der Waals surface area contributed by atoms with Gasteiger partial charge in [-0.1, -0.05) is 42.7 Å². The van der Waals surface area contributed by atoms with Crippen molar-refractivity contribution in [3.63, 3.8) is 0 Å². The maximum Gasteiger partial charge on any atom is 0.0863 e. The monoisotopic (exact) mass is 241 g/mol. The molecular weight excluding hydrogens is 222 g/mol. The number of aryl methyl sites for hydroxylation is 1. The predicted molar refractivity (Wildman–Crippen MR) is 71.9 cm³/mol. The number of para-hydroxylation sites is 1. The molecule has 3 heteroatoms. The molecule has 1 aromatic heterocycles. The van der Waals surface area contributed by atoms with Crippen molar-refractivity contribution in [3.05, 3.63) is 41.7 Å². The van der Waals surface area contributed by atoms with Gasteiger partial charge in [-0.2, -0.15) is 0 Å². The van der Waals surface area contributed by atoms with Crippen LogP contribution in [0.25, 0.3) is 5.69 Å². The fourth-order valence-electron chi connectivity index (χ4n) is 2.67. The van der Waals surface area contributed by atoms with Crippen molar-refractivity contribution in [2.45, 2.75) is 44.9 Å². The highest BCUT2D eigenvalue weighted by Gasteiger charge is 2.14. The third kappa shape index (κ3) is 2.30. The molecule has 18 heavy (non-hydrogen) atoms. The first-order valence-corrected chi connectivity index (χ1v) is 6.94. The van der Waals surface area contributed by atoms with E-state index in [-0.39, 0.29) is 0 Å². The number of nitrogens with zero attached hydrogens (tertiary/aromatic N) is 3. The van der Waals surface area contributed by atoms with Crippen LogP contribution >= 0.6 is 0 Å². The van der Waals surface area contributed by atoms with Gasteiger partial charge in [0.2, 0.25) is 0 Å². The van der Waals surface area contributed by atoms with E-state index in [4.69, 9.17) is 0 Å². The number of fused-ring (bicyclic) bond motifs is 1. The van der Waals surface area contributed by atoms with E-state index in [1.165, 1.54) is 43.5 Å². The van der Waals surface area contributed by atoms with Crippen LogP contribution in [0.5, 0.6) is 0 Å². The van der Waals surface area contributed by atoms with Crippen LogP contribution in [0, 0.1) is 0 Å². The van der Waals surface area contributed by atoms with Gasteiger partial charge < -0.3 is 0 Å². The van der Waals surface area contributed by atoms with Crippen LogP contribution in [0.15, 0.2) is 30.3 Å². The van der Waals surface area contributed by atoms with Gasteiger partial charge in [0.25, 0.3) is 0 Å². The Labute approximate surface area is 108 Å². The lowest BCUT2D eigenvalue weighted by Crippen LogP contribution is -2.03. The highest BCUT2D eigenvalue weighted by molar-refractivity contribution is 5.33. The SMILES string of the molecule is c1ccc(-n2nnc3c2CCCCCCC3)cc1. The van der Waals surface area contributed by atoms with Gasteiger partial charge in [0.05, 0.1) is 17.1 Å². The maximum atomic E-state index is 4.39. The minimum Gasteiger partial charge on any atom is -0.217 e. The molecule has 0 N–H and O–H groups in total. The standard InChI is InChI=1S/C15H19N3/c1-2-7-11-14-15(12-8-3-1)18(17-16-14)13-9-5-4-6-10-13/h4-6,9-10H,1-3,7-8,11-12H2. The van der Waals surface area contributed by atoms with E-state index in [1.807, 2.05) is 10.7 Å². The fourth-order valence-corrected chi connectivity index (χ4v) is 2.67. The summed E-state index contributed by atoms with van der Waals surface area (Å²) >= 11 is 0. The topological polar surface area (TPSA) is 30.7 Å². The molecule has 1 aromatic carbocycles. The smallest absolute Gasteiger partial charge is 0.0863 e. The summed E-state index contributed by atoms with van der Waals surface area (Å²) in [6.07, 6.45) is 8.73. The Bertz CT molecular complexity index is 502. The molecule has 0 radical (unpaired) electrons. The molecule has 3 nitrogen and oxygen atoms in total. The lowest BCUT2D eigenvalue weighted by molar-refractivity contribution is 0.615. The number of hydrogen-bond donors (Lipinski definition) is 0. The molecule has 3 rings (SSSR count). The molecule has 0 fully saturated rings. The van der Waals surface area contributed by atoms with Gasteiger partial charge in [0.1, 0.15) is 0 Å². The van der Waals surface area contributed by atoms with Crippen LogP contribution in [-0.4, -0.2) is 15.0 Å². The van der Waals surface area contributed by atoms with Gasteiger partial charge in [0, 0.05) is 0 Å². The first-order chi connectivity index (χ1) is 8.95. The molecule has 0 saturated carbocycles. The third-order valence-corrected chi connectivity index (χ3v) is 3.67. The molecule has 0 atom stereocenters. The normalized spacial score (nSPS) is 16.4. The number of rotatable bonds is 1. The van der Waals surface area contributed by atoms with Crippen molar-refractivity contribution in [3.8, 4) is 5.69 Å². The largest absolute Gasteiger partial charge is 0.217 e. The number of benzene rings is 1. The first-order valence-electron chi connectivity index (χ1n) is 6.94. The van der Waals surface area contributed by atoms with E-state index in [0.717, 1.165) is 18.5 Å². The maximum absolute atomic E-state index is 4.39. The zero-order chi connectivity index (χ0) is 12.2. The van der Waals surface area contributed by atoms with Crippen molar-refractivity contribution in [1.29, 1.82) is 0 Å². The highest BCUT2D eigenvalue weighted by Crippen LogP contribution is 2.20. The van der Waals surface area contributed by atoms with Crippen LogP contribution in [0.3, 0.4) is 0 Å². The summed E-state index contributed by atoms with van der Waals surface area (Å²) < 4.78 is 2.03. The molecule has 0 unspecified atom stereocenters. The van der Waals surface area contributed by atoms with E-state index in [9.17, 15) is 0 Å². The number of aromatic nitrogens is 3. The first kappa shape index (κ1) is 11.5. The Morgan fingerprint density at radius 2 is 1.56 bits per heavy atom. The third-order valence-electron chi connectivity index (χ3n) is 3.67. The van der Waals surface area contributed by atoms with E-state index >= 15 is 0 Å². The Balaban J connectivity index is 1.97. The Kier molecular flexibility index (Phi) is 3.40. The van der Waals surface area contributed by atoms with Crippen LogP contribution in [-0.2, 0) is 12.8 Å². The minimum atomic E-state index is 1.09. The van der Waals surface area contributed by atoms with Crippen LogP contribution in [0.2, 0.25) is 0 Å². The lowest BCUT2D eigenvalue weighted by Gasteiger charge is -2.06. The molecular formula is C15H19N3. The molecule has 0 aliphatic heterocycles. The van der Waals surface area contributed by atoms with Crippen LogP contribution in [0.4, 0.5) is 0 Å². The van der Waals surface area contributed by atoms with Gasteiger partial charge in [-0.05, 0) is 37.8 Å². The van der Waals surface area contributed by atoms with Gasteiger partial charge in [-0.15, -0.1) is 5.10 Å². The summed E-state index contributed by atoms with van der Waals surface area (Å²) in [6.45, 7) is 0.